The highest BCUT2D eigenvalue weighted by molar-refractivity contribution is 6.09. The summed E-state index contributed by atoms with van der Waals surface area (Å²) < 4.78 is 5.95. The highest BCUT2D eigenvalue weighted by Crippen LogP contribution is 2.52. The SMILES string of the molecule is CC(=O)C(O)(C(=O)O)C1C(=O)N(C)C2(C)CC1c1ccccc1O2. The van der Waals surface area contributed by atoms with Gasteiger partial charge in [0.25, 0.3) is 0 Å². The van der Waals surface area contributed by atoms with E-state index in [0.29, 0.717) is 17.7 Å². The number of aliphatic carboxylic acids is 1. The van der Waals surface area contributed by atoms with Gasteiger partial charge < -0.3 is 19.8 Å². The second-order valence-electron chi connectivity index (χ2n) is 6.63. The lowest BCUT2D eigenvalue weighted by Gasteiger charge is -2.53. The summed E-state index contributed by atoms with van der Waals surface area (Å²) in [4.78, 5) is 37.8. The van der Waals surface area contributed by atoms with E-state index in [1.807, 2.05) is 0 Å². The van der Waals surface area contributed by atoms with Crippen molar-refractivity contribution < 1.29 is 29.3 Å². The summed E-state index contributed by atoms with van der Waals surface area (Å²) in [6.07, 6.45) is 0.291. The summed E-state index contributed by atoms with van der Waals surface area (Å²) in [7, 11) is 1.49. The van der Waals surface area contributed by atoms with Gasteiger partial charge in [-0.3, -0.25) is 9.59 Å². The minimum absolute atomic E-state index is 0.291. The number of likely N-dealkylation sites (tertiary alicyclic amines) is 1. The second-order valence-corrected chi connectivity index (χ2v) is 6.63. The largest absolute Gasteiger partial charge is 0.479 e. The van der Waals surface area contributed by atoms with Crippen LogP contribution in [0.5, 0.6) is 5.75 Å². The smallest absolute Gasteiger partial charge is 0.344 e. The molecule has 0 radical (unpaired) electrons. The van der Waals surface area contributed by atoms with Crippen LogP contribution in [0.2, 0.25) is 0 Å². The Morgan fingerprint density at radius 2 is 2.00 bits per heavy atom. The Morgan fingerprint density at radius 1 is 1.38 bits per heavy atom. The van der Waals surface area contributed by atoms with Gasteiger partial charge in [0.2, 0.25) is 11.5 Å². The van der Waals surface area contributed by atoms with Crippen molar-refractivity contribution >= 4 is 17.7 Å². The number of carbonyl (C=O) groups is 3. The van der Waals surface area contributed by atoms with Gasteiger partial charge in [-0.25, -0.2) is 4.79 Å². The van der Waals surface area contributed by atoms with Crippen LogP contribution >= 0.6 is 0 Å². The van der Waals surface area contributed by atoms with Crippen LogP contribution in [0.1, 0.15) is 31.7 Å². The monoisotopic (exact) mass is 333 g/mol. The number of benzene rings is 1. The first kappa shape index (κ1) is 16.4. The Bertz CT molecular complexity index is 730. The molecule has 1 amide bonds. The number of carbonyl (C=O) groups excluding carboxylic acids is 2. The van der Waals surface area contributed by atoms with Crippen LogP contribution in [-0.2, 0) is 14.4 Å². The number of aliphatic hydroxyl groups is 1. The molecule has 2 aliphatic heterocycles. The molecule has 0 saturated carbocycles. The van der Waals surface area contributed by atoms with E-state index in [1.165, 1.54) is 11.9 Å². The molecule has 2 heterocycles. The Balaban J connectivity index is 2.23. The van der Waals surface area contributed by atoms with E-state index >= 15 is 0 Å². The second kappa shape index (κ2) is 5.04. The molecule has 1 saturated heterocycles. The number of carboxylic acids is 1. The number of hydrogen-bond acceptors (Lipinski definition) is 5. The topological polar surface area (TPSA) is 104 Å². The zero-order valence-electron chi connectivity index (χ0n) is 13.6. The Kier molecular flexibility index (Phi) is 3.46. The fourth-order valence-corrected chi connectivity index (χ4v) is 3.77. The molecule has 0 aromatic heterocycles. The van der Waals surface area contributed by atoms with Crippen molar-refractivity contribution in [3.63, 3.8) is 0 Å². The van der Waals surface area contributed by atoms with E-state index < -0.39 is 40.8 Å². The summed E-state index contributed by atoms with van der Waals surface area (Å²) in [6, 6.07) is 6.98. The zero-order valence-corrected chi connectivity index (χ0v) is 13.6. The third-order valence-corrected chi connectivity index (χ3v) is 5.27. The van der Waals surface area contributed by atoms with Crippen molar-refractivity contribution in [2.24, 2.45) is 5.92 Å². The van der Waals surface area contributed by atoms with Gasteiger partial charge >= 0.3 is 5.97 Å². The Morgan fingerprint density at radius 3 is 2.58 bits per heavy atom. The molecule has 2 N–H and O–H groups in total. The minimum atomic E-state index is -2.78. The summed E-state index contributed by atoms with van der Waals surface area (Å²) >= 11 is 0. The summed E-state index contributed by atoms with van der Waals surface area (Å²) in [5.41, 5.74) is -3.10. The molecule has 3 rings (SSSR count). The van der Waals surface area contributed by atoms with Gasteiger partial charge in [-0.05, 0) is 25.5 Å². The number of ether oxygens (including phenoxy) is 1. The van der Waals surface area contributed by atoms with Crippen molar-refractivity contribution in [3.05, 3.63) is 29.8 Å². The first-order valence-corrected chi connectivity index (χ1v) is 7.65. The van der Waals surface area contributed by atoms with E-state index in [0.717, 1.165) is 6.92 Å². The fourth-order valence-electron chi connectivity index (χ4n) is 3.77. The van der Waals surface area contributed by atoms with Gasteiger partial charge in [-0.2, -0.15) is 0 Å². The van der Waals surface area contributed by atoms with Crippen LogP contribution in [0.4, 0.5) is 0 Å². The number of carboxylic acid groups (broad SMARTS) is 1. The molecule has 0 spiro atoms. The summed E-state index contributed by atoms with van der Waals surface area (Å²) in [5.74, 6) is -4.81. The molecule has 1 aromatic rings. The van der Waals surface area contributed by atoms with Crippen LogP contribution in [0.15, 0.2) is 24.3 Å². The van der Waals surface area contributed by atoms with Gasteiger partial charge in [0.05, 0.1) is 5.92 Å². The van der Waals surface area contributed by atoms with E-state index in [1.54, 1.807) is 31.2 Å². The summed E-state index contributed by atoms with van der Waals surface area (Å²) in [5, 5.41) is 20.2. The third-order valence-electron chi connectivity index (χ3n) is 5.27. The van der Waals surface area contributed by atoms with E-state index in [2.05, 4.69) is 0 Å². The van der Waals surface area contributed by atoms with Crippen LogP contribution in [0.25, 0.3) is 0 Å². The number of nitrogens with zero attached hydrogens (tertiary/aromatic N) is 1. The molecule has 2 bridgehead atoms. The maximum absolute atomic E-state index is 12.9. The molecule has 2 aliphatic rings. The number of para-hydroxylation sites is 1. The first-order valence-electron chi connectivity index (χ1n) is 7.65. The van der Waals surface area contributed by atoms with Crippen LogP contribution in [0, 0.1) is 5.92 Å². The lowest BCUT2D eigenvalue weighted by atomic mass is 9.66. The van der Waals surface area contributed by atoms with Gasteiger partial charge in [-0.15, -0.1) is 0 Å². The average Bonchev–Trinajstić information content (AvgIpc) is 2.52. The lowest BCUT2D eigenvalue weighted by Crippen LogP contribution is -2.68. The Labute approximate surface area is 138 Å². The molecule has 24 heavy (non-hydrogen) atoms. The molecule has 7 nitrogen and oxygen atoms in total. The number of hydrogen-bond donors (Lipinski definition) is 2. The molecule has 0 aliphatic carbocycles. The standard InChI is InChI=1S/C17H19NO6/c1-9(19)17(23,15(21)22)13-11-8-16(2,18(3)14(13)20)24-12-7-5-4-6-10(11)12/h4-7,11,13,23H,8H2,1-3H3,(H,21,22). The van der Waals surface area contributed by atoms with Crippen molar-refractivity contribution in [2.45, 2.75) is 37.5 Å². The first-order chi connectivity index (χ1) is 11.1. The van der Waals surface area contributed by atoms with E-state index in [-0.39, 0.29) is 0 Å². The zero-order chi connectivity index (χ0) is 17.9. The number of fused-ring (bicyclic) bond motifs is 4. The van der Waals surface area contributed by atoms with Crippen LogP contribution in [-0.4, -0.2) is 51.1 Å². The Hall–Kier alpha value is -2.41. The van der Waals surface area contributed by atoms with Crippen LogP contribution in [0.3, 0.4) is 0 Å². The van der Waals surface area contributed by atoms with Crippen molar-refractivity contribution in [1.29, 1.82) is 0 Å². The molecule has 7 heteroatoms. The van der Waals surface area contributed by atoms with Crippen molar-refractivity contribution in [1.82, 2.24) is 4.90 Å². The minimum Gasteiger partial charge on any atom is -0.479 e. The van der Waals surface area contributed by atoms with Gasteiger partial charge in [-0.1, -0.05) is 18.2 Å². The molecule has 4 atom stereocenters. The van der Waals surface area contributed by atoms with E-state index in [9.17, 15) is 24.6 Å². The predicted octanol–water partition coefficient (Wildman–Crippen LogP) is 0.762. The quantitative estimate of drug-likeness (QED) is 0.792. The fraction of sp³-hybridized carbons (Fsp3) is 0.471. The van der Waals surface area contributed by atoms with Crippen molar-refractivity contribution in [3.8, 4) is 5.75 Å². The number of Topliss-reactive ketones (excluding diaryl/α,β-unsaturated/α-hetero) is 1. The van der Waals surface area contributed by atoms with Gasteiger partial charge in [0.15, 0.2) is 11.5 Å². The van der Waals surface area contributed by atoms with E-state index in [4.69, 9.17) is 4.74 Å². The van der Waals surface area contributed by atoms with Gasteiger partial charge in [0.1, 0.15) is 5.75 Å². The highest BCUT2D eigenvalue weighted by Gasteiger charge is 2.63. The van der Waals surface area contributed by atoms with Crippen molar-refractivity contribution in [2.75, 3.05) is 7.05 Å². The molecule has 1 fully saturated rings. The predicted molar refractivity (Wildman–Crippen MR) is 82.4 cm³/mol. The number of piperidine rings is 1. The number of amides is 1. The van der Waals surface area contributed by atoms with Gasteiger partial charge in [0, 0.05) is 19.4 Å². The molecular weight excluding hydrogens is 314 g/mol. The average molecular weight is 333 g/mol. The third kappa shape index (κ3) is 1.97. The maximum atomic E-state index is 12.9. The highest BCUT2D eigenvalue weighted by atomic mass is 16.5. The molecular formula is C17H19NO6. The molecule has 1 aromatic carbocycles. The molecule has 128 valence electrons. The number of ketones is 1. The molecule has 4 unspecified atom stereocenters. The normalized spacial score (nSPS) is 30.8. The summed E-state index contributed by atoms with van der Waals surface area (Å²) in [6.45, 7) is 2.72. The number of rotatable bonds is 3. The maximum Gasteiger partial charge on any atom is 0.344 e. The lowest BCUT2D eigenvalue weighted by molar-refractivity contribution is -0.195. The van der Waals surface area contributed by atoms with Crippen LogP contribution < -0.4 is 4.74 Å².